The summed E-state index contributed by atoms with van der Waals surface area (Å²) in [6, 6.07) is 12.1. The van der Waals surface area contributed by atoms with Crippen LogP contribution in [0.15, 0.2) is 48.5 Å². The molecule has 1 atom stereocenters. The summed E-state index contributed by atoms with van der Waals surface area (Å²) in [5.41, 5.74) is 0.191. The third kappa shape index (κ3) is 2.22. The highest BCUT2D eigenvalue weighted by atomic mass is 16.5. The van der Waals surface area contributed by atoms with Crippen LogP contribution in [0, 0.1) is 0 Å². The molecule has 1 unspecified atom stereocenters. The van der Waals surface area contributed by atoms with Crippen molar-refractivity contribution in [2.24, 2.45) is 0 Å². The highest BCUT2D eigenvalue weighted by Crippen LogP contribution is 2.33. The minimum Gasteiger partial charge on any atom is -0.507 e. The van der Waals surface area contributed by atoms with Gasteiger partial charge in [0, 0.05) is 5.56 Å². The van der Waals surface area contributed by atoms with Crippen LogP contribution in [-0.4, -0.2) is 20.5 Å². The van der Waals surface area contributed by atoms with E-state index in [1.165, 1.54) is 24.3 Å². The normalized spacial score (nSPS) is 12.1. The predicted octanol–water partition coefficient (Wildman–Crippen LogP) is 1.98. The van der Waals surface area contributed by atoms with Gasteiger partial charge in [0.05, 0.1) is 0 Å². The smallest absolute Gasteiger partial charge is 0.180 e. The van der Waals surface area contributed by atoms with Crippen LogP contribution >= 0.6 is 0 Å². The summed E-state index contributed by atoms with van der Waals surface area (Å²) in [7, 11) is 0. The Hall–Kier alpha value is -2.24. The Kier molecular flexibility index (Phi) is 3.36. The summed E-state index contributed by atoms with van der Waals surface area (Å²) < 4.78 is 0. The van der Waals surface area contributed by atoms with Crippen LogP contribution in [0.2, 0.25) is 0 Å². The van der Waals surface area contributed by atoms with Crippen molar-refractivity contribution in [3.63, 3.8) is 0 Å². The lowest BCUT2D eigenvalue weighted by atomic mass is 10.1. The van der Waals surface area contributed by atoms with Gasteiger partial charge in [0.25, 0.3) is 0 Å². The number of aromatic hydroxyl groups is 2. The van der Waals surface area contributed by atoms with Crippen molar-refractivity contribution in [2.45, 2.75) is 6.23 Å². The summed E-state index contributed by atoms with van der Waals surface area (Å²) >= 11 is 0. The van der Waals surface area contributed by atoms with Crippen molar-refractivity contribution in [2.75, 3.05) is 5.06 Å². The minimum absolute atomic E-state index is 0.0493. The molecule has 0 heterocycles. The van der Waals surface area contributed by atoms with Crippen molar-refractivity contribution in [1.29, 1.82) is 0 Å². The maximum Gasteiger partial charge on any atom is 0.180 e. The van der Waals surface area contributed by atoms with Gasteiger partial charge in [-0.2, -0.15) is 0 Å². The zero-order valence-electron chi connectivity index (χ0n) is 9.43. The quantitative estimate of drug-likeness (QED) is 0.492. The Morgan fingerprint density at radius 3 is 2.00 bits per heavy atom. The van der Waals surface area contributed by atoms with Gasteiger partial charge in [-0.3, -0.25) is 5.21 Å². The number of anilines is 1. The molecule has 0 aliphatic carbocycles. The first kappa shape index (κ1) is 12.2. The van der Waals surface area contributed by atoms with Crippen molar-refractivity contribution in [3.8, 4) is 11.5 Å². The largest absolute Gasteiger partial charge is 0.507 e. The Balaban J connectivity index is 2.33. The van der Waals surface area contributed by atoms with E-state index in [2.05, 4.69) is 0 Å². The van der Waals surface area contributed by atoms with E-state index in [1.807, 2.05) is 0 Å². The van der Waals surface area contributed by atoms with Crippen LogP contribution in [0.25, 0.3) is 0 Å². The molecule has 0 aliphatic heterocycles. The number of benzene rings is 2. The Bertz CT molecular complexity index is 495. The summed E-state index contributed by atoms with van der Waals surface area (Å²) in [6.45, 7) is 0. The molecular formula is C13H13NO4. The number of para-hydroxylation sites is 3. The second kappa shape index (κ2) is 4.95. The molecule has 2 aromatic rings. The highest BCUT2D eigenvalue weighted by Gasteiger charge is 2.21. The number of phenols is 2. The number of aliphatic hydroxyl groups excluding tert-OH is 1. The maximum atomic E-state index is 9.95. The van der Waals surface area contributed by atoms with Gasteiger partial charge >= 0.3 is 0 Å². The molecular weight excluding hydrogens is 234 g/mol. The molecule has 0 aromatic heterocycles. The fraction of sp³-hybridized carbons (Fsp3) is 0.0769. The summed E-state index contributed by atoms with van der Waals surface area (Å²) in [4.78, 5) is 0. The van der Waals surface area contributed by atoms with Gasteiger partial charge in [0.15, 0.2) is 6.23 Å². The van der Waals surface area contributed by atoms with Gasteiger partial charge in [0.2, 0.25) is 0 Å². The monoisotopic (exact) mass is 247 g/mol. The molecule has 0 saturated carbocycles. The first-order valence-electron chi connectivity index (χ1n) is 5.33. The van der Waals surface area contributed by atoms with Crippen LogP contribution in [0.1, 0.15) is 11.8 Å². The molecule has 0 saturated heterocycles. The second-order valence-electron chi connectivity index (χ2n) is 3.77. The molecule has 5 nitrogen and oxygen atoms in total. The van der Waals surface area contributed by atoms with Crippen molar-refractivity contribution >= 4 is 5.69 Å². The number of nitrogens with zero attached hydrogens (tertiary/aromatic N) is 1. The highest BCUT2D eigenvalue weighted by molar-refractivity contribution is 5.56. The third-order valence-electron chi connectivity index (χ3n) is 2.58. The average molecular weight is 247 g/mol. The van der Waals surface area contributed by atoms with Gasteiger partial charge in [-0.05, 0) is 18.2 Å². The Morgan fingerprint density at radius 2 is 1.39 bits per heavy atom. The lowest BCUT2D eigenvalue weighted by Crippen LogP contribution is -2.24. The van der Waals surface area contributed by atoms with Crippen LogP contribution in [0.5, 0.6) is 11.5 Å². The zero-order chi connectivity index (χ0) is 13.1. The second-order valence-corrected chi connectivity index (χ2v) is 3.77. The number of hydroxylamine groups is 1. The minimum atomic E-state index is -1.47. The van der Waals surface area contributed by atoms with E-state index < -0.39 is 6.23 Å². The van der Waals surface area contributed by atoms with Crippen LogP contribution in [0.3, 0.4) is 0 Å². The molecule has 2 rings (SSSR count). The molecule has 0 fully saturated rings. The number of rotatable bonds is 3. The Labute approximate surface area is 104 Å². The molecule has 2 aromatic carbocycles. The fourth-order valence-corrected chi connectivity index (χ4v) is 1.63. The topological polar surface area (TPSA) is 84.2 Å². The first-order valence-corrected chi connectivity index (χ1v) is 5.33. The molecule has 0 radical (unpaired) electrons. The SMILES string of the molecule is Oc1ccccc1C(O)N(O)c1ccccc1O. The molecule has 18 heavy (non-hydrogen) atoms. The predicted molar refractivity (Wildman–Crippen MR) is 65.4 cm³/mol. The summed E-state index contributed by atoms with van der Waals surface area (Å²) in [6.07, 6.45) is -1.47. The van der Waals surface area contributed by atoms with Gasteiger partial charge in [-0.1, -0.05) is 30.3 Å². The van der Waals surface area contributed by atoms with E-state index in [0.29, 0.717) is 5.06 Å². The standard InChI is InChI=1S/C13H13NO4/c15-11-7-3-1-5-9(11)13(17)14(18)10-6-2-4-8-12(10)16/h1-8,13,15-18H. The van der Waals surface area contributed by atoms with E-state index in [-0.39, 0.29) is 22.7 Å². The fourth-order valence-electron chi connectivity index (χ4n) is 1.63. The number of aliphatic hydroxyl groups is 1. The van der Waals surface area contributed by atoms with Gasteiger partial charge in [-0.15, -0.1) is 0 Å². The first-order chi connectivity index (χ1) is 8.61. The van der Waals surface area contributed by atoms with Gasteiger partial charge < -0.3 is 15.3 Å². The van der Waals surface area contributed by atoms with E-state index in [0.717, 1.165) is 0 Å². The van der Waals surface area contributed by atoms with Crippen molar-refractivity contribution < 1.29 is 20.5 Å². The van der Waals surface area contributed by atoms with Crippen LogP contribution in [-0.2, 0) is 0 Å². The molecule has 0 bridgehead atoms. The third-order valence-corrected chi connectivity index (χ3v) is 2.58. The zero-order valence-corrected chi connectivity index (χ0v) is 9.43. The molecule has 94 valence electrons. The van der Waals surface area contributed by atoms with Gasteiger partial charge in [0.1, 0.15) is 17.2 Å². The van der Waals surface area contributed by atoms with Crippen molar-refractivity contribution in [3.05, 3.63) is 54.1 Å². The summed E-state index contributed by atoms with van der Waals surface area (Å²) in [5, 5.41) is 39.5. The van der Waals surface area contributed by atoms with Crippen molar-refractivity contribution in [1.82, 2.24) is 0 Å². The number of hydrogen-bond donors (Lipinski definition) is 4. The van der Waals surface area contributed by atoms with E-state index in [9.17, 15) is 20.5 Å². The molecule has 4 N–H and O–H groups in total. The van der Waals surface area contributed by atoms with E-state index >= 15 is 0 Å². The van der Waals surface area contributed by atoms with Crippen LogP contribution in [0.4, 0.5) is 5.69 Å². The lowest BCUT2D eigenvalue weighted by molar-refractivity contribution is 0.0631. The lowest BCUT2D eigenvalue weighted by Gasteiger charge is -2.24. The summed E-state index contributed by atoms with van der Waals surface area (Å²) in [5.74, 6) is -0.311. The molecule has 5 heteroatoms. The molecule has 0 spiro atoms. The Morgan fingerprint density at radius 1 is 0.833 bits per heavy atom. The van der Waals surface area contributed by atoms with Crippen LogP contribution < -0.4 is 5.06 Å². The maximum absolute atomic E-state index is 9.95. The number of phenolic OH excluding ortho intramolecular Hbond substituents is 2. The van der Waals surface area contributed by atoms with E-state index in [4.69, 9.17) is 0 Å². The molecule has 0 amide bonds. The van der Waals surface area contributed by atoms with E-state index in [1.54, 1.807) is 24.3 Å². The average Bonchev–Trinajstić information content (AvgIpc) is 2.38. The molecule has 0 aliphatic rings. The number of hydrogen-bond acceptors (Lipinski definition) is 5. The van der Waals surface area contributed by atoms with Gasteiger partial charge in [-0.25, -0.2) is 5.06 Å².